The monoisotopic (exact) mass is 396 g/mol. The molecule has 28 heavy (non-hydrogen) atoms. The molecule has 2 aromatic carbocycles. The number of sulfone groups is 1. The molecule has 3 aromatic rings. The van der Waals surface area contributed by atoms with E-state index in [0.29, 0.717) is 12.4 Å². The average molecular weight is 396 g/mol. The molecule has 0 unspecified atom stereocenters. The van der Waals surface area contributed by atoms with Crippen LogP contribution >= 0.6 is 0 Å². The first-order valence-electron chi connectivity index (χ1n) is 8.61. The van der Waals surface area contributed by atoms with Crippen molar-refractivity contribution in [3.63, 3.8) is 0 Å². The summed E-state index contributed by atoms with van der Waals surface area (Å²) in [6, 6.07) is 17.3. The quantitative estimate of drug-likeness (QED) is 0.664. The second kappa shape index (κ2) is 8.67. The highest BCUT2D eigenvalue weighted by Crippen LogP contribution is 2.16. The second-order valence-electron chi connectivity index (χ2n) is 6.24. The number of rotatable bonds is 7. The maximum atomic E-state index is 12.4. The highest BCUT2D eigenvalue weighted by Gasteiger charge is 2.17. The normalized spacial score (nSPS) is 11.0. The molecule has 1 N–H and O–H groups in total. The van der Waals surface area contributed by atoms with Crippen molar-refractivity contribution in [1.29, 1.82) is 0 Å². The number of carbonyl (C=O) groups is 1. The van der Waals surface area contributed by atoms with E-state index in [0.717, 1.165) is 17.4 Å². The summed E-state index contributed by atoms with van der Waals surface area (Å²) in [4.78, 5) is 16.5. The van der Waals surface area contributed by atoms with E-state index < -0.39 is 15.7 Å². The molecule has 7 heteroatoms. The van der Waals surface area contributed by atoms with E-state index in [9.17, 15) is 13.2 Å². The Hall–Kier alpha value is -3.19. The SMILES string of the molecule is CS(=O)(=O)c1ccccc1C(=O)NCc1ccc(OCc2cccnc2)cc1. The minimum Gasteiger partial charge on any atom is -0.489 e. The molecule has 0 aliphatic carbocycles. The molecule has 1 amide bonds. The minimum absolute atomic E-state index is 0.0200. The Labute approximate surface area is 164 Å². The van der Waals surface area contributed by atoms with Gasteiger partial charge in [0.25, 0.3) is 5.91 Å². The Morgan fingerprint density at radius 2 is 1.75 bits per heavy atom. The van der Waals surface area contributed by atoms with E-state index in [-0.39, 0.29) is 17.0 Å². The van der Waals surface area contributed by atoms with Crippen molar-refractivity contribution in [2.75, 3.05) is 6.26 Å². The van der Waals surface area contributed by atoms with Crippen LogP contribution in [0.5, 0.6) is 5.75 Å². The van der Waals surface area contributed by atoms with Gasteiger partial charge < -0.3 is 10.1 Å². The molecule has 0 bridgehead atoms. The van der Waals surface area contributed by atoms with Gasteiger partial charge in [0.2, 0.25) is 0 Å². The zero-order valence-corrected chi connectivity index (χ0v) is 16.1. The molecule has 0 spiro atoms. The number of hydrogen-bond acceptors (Lipinski definition) is 5. The zero-order chi connectivity index (χ0) is 20.0. The molecular weight excluding hydrogens is 376 g/mol. The average Bonchev–Trinajstić information content (AvgIpc) is 2.71. The first kappa shape index (κ1) is 19.6. The van der Waals surface area contributed by atoms with Crippen LogP contribution in [0.4, 0.5) is 0 Å². The predicted octanol–water partition coefficient (Wildman–Crippen LogP) is 2.99. The smallest absolute Gasteiger partial charge is 0.252 e. The van der Waals surface area contributed by atoms with Crippen molar-refractivity contribution in [2.45, 2.75) is 18.0 Å². The molecule has 0 atom stereocenters. The fourth-order valence-corrected chi connectivity index (χ4v) is 3.49. The number of amides is 1. The largest absolute Gasteiger partial charge is 0.489 e. The molecule has 0 fully saturated rings. The number of carbonyl (C=O) groups excluding carboxylic acids is 1. The van der Waals surface area contributed by atoms with Crippen LogP contribution in [0.25, 0.3) is 0 Å². The molecule has 0 saturated heterocycles. The summed E-state index contributed by atoms with van der Waals surface area (Å²) in [6.07, 6.45) is 4.54. The molecule has 0 radical (unpaired) electrons. The molecule has 3 rings (SSSR count). The molecule has 0 aliphatic rings. The van der Waals surface area contributed by atoms with Crippen molar-refractivity contribution in [1.82, 2.24) is 10.3 Å². The van der Waals surface area contributed by atoms with Crippen molar-refractivity contribution >= 4 is 15.7 Å². The van der Waals surface area contributed by atoms with Crippen LogP contribution in [0.3, 0.4) is 0 Å². The van der Waals surface area contributed by atoms with Crippen molar-refractivity contribution in [2.24, 2.45) is 0 Å². The first-order valence-corrected chi connectivity index (χ1v) is 10.5. The van der Waals surface area contributed by atoms with Gasteiger partial charge in [-0.05, 0) is 35.9 Å². The number of nitrogens with zero attached hydrogens (tertiary/aromatic N) is 1. The molecule has 1 aromatic heterocycles. The third kappa shape index (κ3) is 5.17. The molecule has 144 valence electrons. The second-order valence-corrected chi connectivity index (χ2v) is 8.23. The van der Waals surface area contributed by atoms with E-state index in [4.69, 9.17) is 4.74 Å². The molecule has 0 saturated carbocycles. The van der Waals surface area contributed by atoms with E-state index in [1.807, 2.05) is 36.4 Å². The minimum atomic E-state index is -3.48. The van der Waals surface area contributed by atoms with E-state index in [1.54, 1.807) is 24.5 Å². The van der Waals surface area contributed by atoms with Gasteiger partial charge in [-0.15, -0.1) is 0 Å². The van der Waals surface area contributed by atoms with Crippen molar-refractivity contribution in [3.05, 3.63) is 89.7 Å². The topological polar surface area (TPSA) is 85.4 Å². The maximum Gasteiger partial charge on any atom is 0.252 e. The summed E-state index contributed by atoms with van der Waals surface area (Å²) in [5.41, 5.74) is 1.99. The summed E-state index contributed by atoms with van der Waals surface area (Å²) in [7, 11) is -3.48. The Kier molecular flexibility index (Phi) is 6.06. The lowest BCUT2D eigenvalue weighted by molar-refractivity contribution is 0.0947. The fourth-order valence-electron chi connectivity index (χ4n) is 2.61. The third-order valence-corrected chi connectivity index (χ3v) is 5.19. The van der Waals surface area contributed by atoms with Crippen LogP contribution in [0.15, 0.2) is 78.0 Å². The summed E-state index contributed by atoms with van der Waals surface area (Å²) in [5, 5.41) is 2.75. The van der Waals surface area contributed by atoms with Gasteiger partial charge in [0.15, 0.2) is 9.84 Å². The van der Waals surface area contributed by atoms with Crippen LogP contribution in [0.2, 0.25) is 0 Å². The number of nitrogens with one attached hydrogen (secondary N) is 1. The standard InChI is InChI=1S/C21H20N2O4S/c1-28(25,26)20-7-3-2-6-19(20)21(24)23-14-16-8-10-18(11-9-16)27-15-17-5-4-12-22-13-17/h2-13H,14-15H2,1H3,(H,23,24). The zero-order valence-electron chi connectivity index (χ0n) is 15.3. The lowest BCUT2D eigenvalue weighted by Gasteiger charge is -2.10. The number of hydrogen-bond donors (Lipinski definition) is 1. The molecule has 6 nitrogen and oxygen atoms in total. The van der Waals surface area contributed by atoms with Gasteiger partial charge in [-0.2, -0.15) is 0 Å². The van der Waals surface area contributed by atoms with Crippen molar-refractivity contribution < 1.29 is 17.9 Å². The van der Waals surface area contributed by atoms with Crippen LogP contribution < -0.4 is 10.1 Å². The van der Waals surface area contributed by atoms with Gasteiger partial charge in [0.05, 0.1) is 10.5 Å². The van der Waals surface area contributed by atoms with Gasteiger partial charge in [0.1, 0.15) is 12.4 Å². The highest BCUT2D eigenvalue weighted by molar-refractivity contribution is 7.90. The summed E-state index contributed by atoms with van der Waals surface area (Å²) >= 11 is 0. The Bertz CT molecular complexity index is 1050. The summed E-state index contributed by atoms with van der Waals surface area (Å²) < 4.78 is 29.4. The van der Waals surface area contributed by atoms with E-state index in [2.05, 4.69) is 10.3 Å². The lowest BCUT2D eigenvalue weighted by Crippen LogP contribution is -2.24. The van der Waals surface area contributed by atoms with Gasteiger partial charge in [-0.1, -0.05) is 30.3 Å². The summed E-state index contributed by atoms with van der Waals surface area (Å²) in [5.74, 6) is 0.277. The molecule has 1 heterocycles. The Morgan fingerprint density at radius 3 is 2.43 bits per heavy atom. The van der Waals surface area contributed by atoms with Gasteiger partial charge in [-0.3, -0.25) is 9.78 Å². The van der Waals surface area contributed by atoms with E-state index >= 15 is 0 Å². The number of aromatic nitrogens is 1. The van der Waals surface area contributed by atoms with Crippen LogP contribution in [0, 0.1) is 0 Å². The van der Waals surface area contributed by atoms with Gasteiger partial charge in [0, 0.05) is 30.8 Å². The Morgan fingerprint density at radius 1 is 1.00 bits per heavy atom. The molecule has 0 aliphatic heterocycles. The summed E-state index contributed by atoms with van der Waals surface area (Å²) in [6.45, 7) is 0.700. The van der Waals surface area contributed by atoms with Crippen LogP contribution in [-0.2, 0) is 23.0 Å². The maximum absolute atomic E-state index is 12.4. The fraction of sp³-hybridized carbons (Fsp3) is 0.143. The molecular formula is C21H20N2O4S. The van der Waals surface area contributed by atoms with Crippen LogP contribution in [0.1, 0.15) is 21.5 Å². The van der Waals surface area contributed by atoms with Crippen LogP contribution in [-0.4, -0.2) is 25.6 Å². The van der Waals surface area contributed by atoms with Crippen molar-refractivity contribution in [3.8, 4) is 5.75 Å². The predicted molar refractivity (Wildman–Crippen MR) is 106 cm³/mol. The lowest BCUT2D eigenvalue weighted by atomic mass is 10.2. The Balaban J connectivity index is 1.59. The first-order chi connectivity index (χ1) is 13.4. The third-order valence-electron chi connectivity index (χ3n) is 4.04. The van der Waals surface area contributed by atoms with Gasteiger partial charge in [-0.25, -0.2) is 8.42 Å². The van der Waals surface area contributed by atoms with Gasteiger partial charge >= 0.3 is 0 Å². The number of pyridine rings is 1. The number of benzene rings is 2. The van der Waals surface area contributed by atoms with E-state index in [1.165, 1.54) is 12.1 Å². The number of ether oxygens (including phenoxy) is 1. The highest BCUT2D eigenvalue weighted by atomic mass is 32.2.